The maximum absolute atomic E-state index is 11.1. The molecule has 0 fully saturated rings. The van der Waals surface area contributed by atoms with Crippen molar-refractivity contribution < 1.29 is 19.7 Å². The standard InChI is InChI=1S/C13H15N3O4/c1-20-7-6-11-12(13(18)19)14-15-16(11)8-9-2-4-10(17)5-3-9/h2-5,17H,6-8H2,1H3,(H,18,19). The van der Waals surface area contributed by atoms with Crippen LogP contribution in [0.5, 0.6) is 5.75 Å². The van der Waals surface area contributed by atoms with Crippen molar-refractivity contribution >= 4 is 5.97 Å². The van der Waals surface area contributed by atoms with Crippen LogP contribution in [0.1, 0.15) is 21.7 Å². The fourth-order valence-corrected chi connectivity index (χ4v) is 1.85. The minimum Gasteiger partial charge on any atom is -0.508 e. The number of benzene rings is 1. The van der Waals surface area contributed by atoms with Gasteiger partial charge in [0.25, 0.3) is 0 Å². The number of carbonyl (C=O) groups is 1. The van der Waals surface area contributed by atoms with E-state index in [0.29, 0.717) is 25.3 Å². The maximum atomic E-state index is 11.1. The molecule has 0 saturated carbocycles. The predicted octanol–water partition coefficient (Wildman–Crippen LogP) is 0.919. The van der Waals surface area contributed by atoms with Gasteiger partial charge in [0.1, 0.15) is 5.75 Å². The molecule has 0 aliphatic heterocycles. The first-order valence-electron chi connectivity index (χ1n) is 6.04. The van der Waals surface area contributed by atoms with Crippen LogP contribution >= 0.6 is 0 Å². The maximum Gasteiger partial charge on any atom is 0.358 e. The summed E-state index contributed by atoms with van der Waals surface area (Å²) in [7, 11) is 1.55. The van der Waals surface area contributed by atoms with E-state index in [9.17, 15) is 9.90 Å². The van der Waals surface area contributed by atoms with Gasteiger partial charge in [-0.1, -0.05) is 17.3 Å². The summed E-state index contributed by atoms with van der Waals surface area (Å²) >= 11 is 0. The van der Waals surface area contributed by atoms with Gasteiger partial charge in [-0.15, -0.1) is 5.10 Å². The molecule has 0 aliphatic rings. The molecule has 7 heteroatoms. The van der Waals surface area contributed by atoms with E-state index >= 15 is 0 Å². The molecule has 0 unspecified atom stereocenters. The van der Waals surface area contributed by atoms with Crippen LogP contribution in [0.25, 0.3) is 0 Å². The van der Waals surface area contributed by atoms with E-state index in [2.05, 4.69) is 10.3 Å². The Morgan fingerprint density at radius 3 is 2.65 bits per heavy atom. The van der Waals surface area contributed by atoms with Gasteiger partial charge in [0.15, 0.2) is 5.69 Å². The largest absolute Gasteiger partial charge is 0.508 e. The van der Waals surface area contributed by atoms with Crippen molar-refractivity contribution in [3.05, 3.63) is 41.2 Å². The van der Waals surface area contributed by atoms with Gasteiger partial charge in [-0.25, -0.2) is 9.48 Å². The van der Waals surface area contributed by atoms with Gasteiger partial charge in [0.05, 0.1) is 18.8 Å². The lowest BCUT2D eigenvalue weighted by atomic mass is 10.2. The van der Waals surface area contributed by atoms with E-state index in [1.807, 2.05) is 0 Å². The van der Waals surface area contributed by atoms with Crippen LogP contribution in [0.4, 0.5) is 0 Å². The van der Waals surface area contributed by atoms with E-state index < -0.39 is 5.97 Å². The summed E-state index contributed by atoms with van der Waals surface area (Å²) in [5, 5.41) is 25.9. The van der Waals surface area contributed by atoms with Gasteiger partial charge >= 0.3 is 5.97 Å². The average Bonchev–Trinajstić information content (AvgIpc) is 2.82. The lowest BCUT2D eigenvalue weighted by Crippen LogP contribution is -2.11. The highest BCUT2D eigenvalue weighted by molar-refractivity contribution is 5.86. The Labute approximate surface area is 115 Å². The Kier molecular flexibility index (Phi) is 4.31. The second kappa shape index (κ2) is 6.16. The van der Waals surface area contributed by atoms with E-state index in [0.717, 1.165) is 5.56 Å². The molecule has 0 saturated heterocycles. The van der Waals surface area contributed by atoms with Crippen LogP contribution in [0.15, 0.2) is 24.3 Å². The molecule has 0 aliphatic carbocycles. The Bertz CT molecular complexity index is 592. The van der Waals surface area contributed by atoms with Gasteiger partial charge < -0.3 is 14.9 Å². The molecule has 106 valence electrons. The number of phenolic OH excluding ortho intramolecular Hbond substituents is 1. The second-order valence-electron chi connectivity index (χ2n) is 4.26. The number of aromatic hydroxyl groups is 1. The van der Waals surface area contributed by atoms with Crippen molar-refractivity contribution in [3.63, 3.8) is 0 Å². The average molecular weight is 277 g/mol. The number of nitrogens with zero attached hydrogens (tertiary/aromatic N) is 3. The number of aromatic nitrogens is 3. The van der Waals surface area contributed by atoms with Crippen LogP contribution in [0.2, 0.25) is 0 Å². The van der Waals surface area contributed by atoms with Gasteiger partial charge in [-0.3, -0.25) is 0 Å². The number of hydrogen-bond donors (Lipinski definition) is 2. The highest BCUT2D eigenvalue weighted by Gasteiger charge is 2.18. The summed E-state index contributed by atoms with van der Waals surface area (Å²) in [5.74, 6) is -0.925. The van der Waals surface area contributed by atoms with Crippen molar-refractivity contribution in [2.45, 2.75) is 13.0 Å². The van der Waals surface area contributed by atoms with E-state index in [1.165, 1.54) is 4.68 Å². The third kappa shape index (κ3) is 3.12. The Morgan fingerprint density at radius 1 is 1.35 bits per heavy atom. The van der Waals surface area contributed by atoms with E-state index in [-0.39, 0.29) is 11.4 Å². The van der Waals surface area contributed by atoms with E-state index in [1.54, 1.807) is 31.4 Å². The topological polar surface area (TPSA) is 97.5 Å². The Balaban J connectivity index is 2.26. The van der Waals surface area contributed by atoms with Crippen molar-refractivity contribution in [1.82, 2.24) is 15.0 Å². The molecule has 2 aromatic rings. The van der Waals surface area contributed by atoms with Gasteiger partial charge in [0.2, 0.25) is 0 Å². The van der Waals surface area contributed by atoms with Gasteiger partial charge in [-0.05, 0) is 17.7 Å². The predicted molar refractivity (Wildman–Crippen MR) is 69.8 cm³/mol. The summed E-state index contributed by atoms with van der Waals surface area (Å²) in [4.78, 5) is 11.1. The first-order valence-corrected chi connectivity index (χ1v) is 6.04. The van der Waals surface area contributed by atoms with Crippen molar-refractivity contribution in [1.29, 1.82) is 0 Å². The number of aromatic carboxylic acids is 1. The van der Waals surface area contributed by atoms with E-state index in [4.69, 9.17) is 9.84 Å². The van der Waals surface area contributed by atoms with Crippen molar-refractivity contribution in [2.24, 2.45) is 0 Å². The van der Waals surface area contributed by atoms with Crippen molar-refractivity contribution in [2.75, 3.05) is 13.7 Å². The molecule has 1 aromatic carbocycles. The molecule has 0 spiro atoms. The molecular weight excluding hydrogens is 262 g/mol. The monoisotopic (exact) mass is 277 g/mol. The minimum absolute atomic E-state index is 0.0548. The molecule has 0 amide bonds. The number of carboxylic acids is 1. The first kappa shape index (κ1) is 14.0. The summed E-state index contributed by atoms with van der Waals surface area (Å²) in [6.07, 6.45) is 0.420. The SMILES string of the molecule is COCCc1c(C(=O)O)nnn1Cc1ccc(O)cc1. The van der Waals surface area contributed by atoms with Crippen LogP contribution in [-0.4, -0.2) is 44.9 Å². The molecule has 20 heavy (non-hydrogen) atoms. The number of ether oxygens (including phenoxy) is 1. The molecule has 7 nitrogen and oxygen atoms in total. The quantitative estimate of drug-likeness (QED) is 0.814. The Hall–Kier alpha value is -2.41. The number of hydrogen-bond acceptors (Lipinski definition) is 5. The molecule has 2 N–H and O–H groups in total. The zero-order valence-corrected chi connectivity index (χ0v) is 11.0. The normalized spacial score (nSPS) is 10.7. The molecule has 0 radical (unpaired) electrons. The summed E-state index contributed by atoms with van der Waals surface area (Å²) < 4.78 is 6.51. The number of phenols is 1. The van der Waals surface area contributed by atoms with Gasteiger partial charge in [-0.2, -0.15) is 0 Å². The number of carboxylic acid groups (broad SMARTS) is 1. The fourth-order valence-electron chi connectivity index (χ4n) is 1.85. The third-order valence-electron chi connectivity index (χ3n) is 2.85. The summed E-state index contributed by atoms with van der Waals surface area (Å²) in [6, 6.07) is 6.63. The fraction of sp³-hybridized carbons (Fsp3) is 0.308. The first-order chi connectivity index (χ1) is 9.61. The van der Waals surface area contributed by atoms with Crippen molar-refractivity contribution in [3.8, 4) is 5.75 Å². The number of methoxy groups -OCH3 is 1. The smallest absolute Gasteiger partial charge is 0.358 e. The molecule has 2 rings (SSSR count). The minimum atomic E-state index is -1.10. The molecular formula is C13H15N3O4. The highest BCUT2D eigenvalue weighted by atomic mass is 16.5. The summed E-state index contributed by atoms with van der Waals surface area (Å²) in [6.45, 7) is 0.781. The number of rotatable bonds is 6. The van der Waals surface area contributed by atoms with Gasteiger partial charge in [0, 0.05) is 13.5 Å². The van der Waals surface area contributed by atoms with Crippen LogP contribution < -0.4 is 0 Å². The zero-order chi connectivity index (χ0) is 14.5. The molecule has 0 bridgehead atoms. The van der Waals surface area contributed by atoms with Crippen LogP contribution in [0, 0.1) is 0 Å². The zero-order valence-electron chi connectivity index (χ0n) is 11.0. The molecule has 0 atom stereocenters. The molecule has 1 aromatic heterocycles. The summed E-state index contributed by atoms with van der Waals surface area (Å²) in [5.41, 5.74) is 1.36. The van der Waals surface area contributed by atoms with Crippen LogP contribution in [0.3, 0.4) is 0 Å². The molecule has 1 heterocycles. The third-order valence-corrected chi connectivity index (χ3v) is 2.85. The lowest BCUT2D eigenvalue weighted by molar-refractivity contribution is 0.0688. The second-order valence-corrected chi connectivity index (χ2v) is 4.26. The van der Waals surface area contributed by atoms with Crippen LogP contribution in [-0.2, 0) is 17.7 Å². The Morgan fingerprint density at radius 2 is 2.05 bits per heavy atom. The lowest BCUT2D eigenvalue weighted by Gasteiger charge is -2.07. The highest BCUT2D eigenvalue weighted by Crippen LogP contribution is 2.13.